The van der Waals surface area contributed by atoms with Crippen LogP contribution in [-0.2, 0) is 11.2 Å². The van der Waals surface area contributed by atoms with Crippen molar-refractivity contribution in [2.75, 3.05) is 0 Å². The van der Waals surface area contributed by atoms with Gasteiger partial charge >= 0.3 is 29.6 Å². The molecule has 33 heavy (non-hydrogen) atoms. The average Bonchev–Trinajstić information content (AvgIpc) is 3.12. The fourth-order valence-electron chi connectivity index (χ4n) is 3.86. The molecule has 0 spiro atoms. The van der Waals surface area contributed by atoms with Crippen LogP contribution in [0.2, 0.25) is 0 Å². The van der Waals surface area contributed by atoms with Crippen molar-refractivity contribution in [3.63, 3.8) is 0 Å². The molecule has 1 heterocycles. The van der Waals surface area contributed by atoms with Crippen LogP contribution in [0.4, 0.5) is 4.39 Å². The molecule has 1 unspecified atom stereocenters. The van der Waals surface area contributed by atoms with Gasteiger partial charge in [0, 0.05) is 23.5 Å². The minimum Gasteiger partial charge on any atom is -0.550 e. The van der Waals surface area contributed by atoms with Crippen molar-refractivity contribution in [1.82, 2.24) is 9.78 Å². The SMILES string of the molecule is CC(C)c1nn(-c2ccccc2)c(-c2ccc(F)cc2)c1CCC(O)C[C@@H](O)CC(=O)[O-].[Na+]. The molecule has 0 aliphatic carbocycles. The van der Waals surface area contributed by atoms with Crippen LogP contribution in [-0.4, -0.2) is 38.2 Å². The predicted octanol–water partition coefficient (Wildman–Crippen LogP) is -0.00970. The number of rotatable bonds is 10. The molecule has 2 N–H and O–H groups in total. The van der Waals surface area contributed by atoms with Gasteiger partial charge in [0.25, 0.3) is 0 Å². The first-order chi connectivity index (χ1) is 15.3. The number of aromatic nitrogens is 2. The molecule has 3 rings (SSSR count). The number of hydrogen-bond donors (Lipinski definition) is 2. The molecule has 6 nitrogen and oxygen atoms in total. The molecule has 8 heteroatoms. The summed E-state index contributed by atoms with van der Waals surface area (Å²) in [5.74, 6) is -1.58. The zero-order valence-electron chi connectivity index (χ0n) is 19.2. The molecular formula is C25H28FN2NaO4. The number of hydrogen-bond acceptors (Lipinski definition) is 5. The number of para-hydroxylation sites is 1. The molecule has 0 bridgehead atoms. The average molecular weight is 462 g/mol. The van der Waals surface area contributed by atoms with Gasteiger partial charge < -0.3 is 20.1 Å². The molecule has 3 aromatic rings. The Labute approximate surface area is 215 Å². The Morgan fingerprint density at radius 3 is 2.27 bits per heavy atom. The Bertz CT molecular complexity index is 1040. The van der Waals surface area contributed by atoms with Crippen LogP contribution in [0.25, 0.3) is 16.9 Å². The van der Waals surface area contributed by atoms with Crippen molar-refractivity contribution in [3.8, 4) is 16.9 Å². The van der Waals surface area contributed by atoms with Gasteiger partial charge in [-0.25, -0.2) is 9.07 Å². The maximum absolute atomic E-state index is 13.6. The van der Waals surface area contributed by atoms with Crippen LogP contribution in [0.5, 0.6) is 0 Å². The fourth-order valence-corrected chi connectivity index (χ4v) is 3.86. The van der Waals surface area contributed by atoms with E-state index in [2.05, 4.69) is 0 Å². The van der Waals surface area contributed by atoms with Crippen molar-refractivity contribution < 1.29 is 54.1 Å². The molecule has 170 valence electrons. The second-order valence-corrected chi connectivity index (χ2v) is 8.28. The number of carbonyl (C=O) groups excluding carboxylic acids is 1. The third-order valence-electron chi connectivity index (χ3n) is 5.35. The maximum Gasteiger partial charge on any atom is 1.00 e. The van der Waals surface area contributed by atoms with E-state index >= 15 is 0 Å². The van der Waals surface area contributed by atoms with Crippen molar-refractivity contribution in [3.05, 3.63) is 71.7 Å². The molecule has 0 radical (unpaired) electrons. The second kappa shape index (κ2) is 12.4. The first-order valence-corrected chi connectivity index (χ1v) is 10.7. The molecule has 0 aliphatic heterocycles. The summed E-state index contributed by atoms with van der Waals surface area (Å²) in [5, 5.41) is 35.7. The summed E-state index contributed by atoms with van der Waals surface area (Å²) in [4.78, 5) is 10.7. The quantitative estimate of drug-likeness (QED) is 0.413. The largest absolute Gasteiger partial charge is 1.00 e. The van der Waals surface area contributed by atoms with Crippen LogP contribution in [0, 0.1) is 5.82 Å². The monoisotopic (exact) mass is 462 g/mol. The summed E-state index contributed by atoms with van der Waals surface area (Å²) >= 11 is 0. The molecule has 0 saturated carbocycles. The first-order valence-electron chi connectivity index (χ1n) is 10.7. The van der Waals surface area contributed by atoms with E-state index in [-0.39, 0.29) is 47.7 Å². The minimum absolute atomic E-state index is 0. The molecule has 0 amide bonds. The smallest absolute Gasteiger partial charge is 0.550 e. The van der Waals surface area contributed by atoms with E-state index in [0.29, 0.717) is 12.8 Å². The number of nitrogens with zero attached hydrogens (tertiary/aromatic N) is 2. The third-order valence-corrected chi connectivity index (χ3v) is 5.35. The number of benzene rings is 2. The predicted molar refractivity (Wildman–Crippen MR) is 118 cm³/mol. The summed E-state index contributed by atoms with van der Waals surface area (Å²) in [6, 6.07) is 15.9. The number of carbonyl (C=O) groups is 1. The maximum atomic E-state index is 13.6. The standard InChI is InChI=1S/C25H29FN2O4.Na/c1-16(2)24-22(13-12-20(29)14-21(30)15-23(31)32)25(17-8-10-18(26)11-9-17)28(27-24)19-6-4-3-5-7-19;/h3-11,16,20-21,29-30H,12-15H2,1-2H3,(H,31,32);/q;+1/p-1/t20?,21-;/m1./s1. The molecule has 0 fully saturated rings. The van der Waals surface area contributed by atoms with E-state index in [1.807, 2.05) is 48.9 Å². The van der Waals surface area contributed by atoms with Gasteiger partial charge in [-0.05, 0) is 61.6 Å². The van der Waals surface area contributed by atoms with Crippen molar-refractivity contribution >= 4 is 5.97 Å². The fraction of sp³-hybridized carbons (Fsp3) is 0.360. The number of aliphatic carboxylic acids is 1. The molecule has 2 aromatic carbocycles. The normalized spacial score (nSPS) is 12.9. The van der Waals surface area contributed by atoms with Gasteiger partial charge in [-0.1, -0.05) is 32.0 Å². The zero-order valence-corrected chi connectivity index (χ0v) is 21.2. The molecular weight excluding hydrogens is 434 g/mol. The van der Waals surface area contributed by atoms with Gasteiger partial charge in [0.05, 0.1) is 29.3 Å². The summed E-state index contributed by atoms with van der Waals surface area (Å²) in [7, 11) is 0. The third kappa shape index (κ3) is 7.22. The van der Waals surface area contributed by atoms with Crippen molar-refractivity contribution in [1.29, 1.82) is 0 Å². The van der Waals surface area contributed by atoms with Gasteiger partial charge in [-0.2, -0.15) is 5.10 Å². The van der Waals surface area contributed by atoms with Crippen molar-refractivity contribution in [2.24, 2.45) is 0 Å². The van der Waals surface area contributed by atoms with E-state index in [4.69, 9.17) is 5.10 Å². The summed E-state index contributed by atoms with van der Waals surface area (Å²) in [6.07, 6.45) is -1.83. The molecule has 0 aliphatic rings. The van der Waals surface area contributed by atoms with E-state index in [0.717, 1.165) is 28.2 Å². The van der Waals surface area contributed by atoms with Gasteiger partial charge in [0.15, 0.2) is 0 Å². The van der Waals surface area contributed by atoms with Gasteiger partial charge in [-0.3, -0.25) is 0 Å². The van der Waals surface area contributed by atoms with Crippen LogP contribution >= 0.6 is 0 Å². The number of carboxylic acid groups (broad SMARTS) is 1. The minimum atomic E-state index is -1.35. The van der Waals surface area contributed by atoms with Crippen LogP contribution < -0.4 is 34.7 Å². The Morgan fingerprint density at radius 1 is 1.06 bits per heavy atom. The Balaban J connectivity index is 0.00000385. The van der Waals surface area contributed by atoms with E-state index in [1.54, 1.807) is 12.1 Å². The van der Waals surface area contributed by atoms with Gasteiger partial charge in [0.2, 0.25) is 0 Å². The molecule has 0 saturated heterocycles. The number of carboxylic acids is 1. The molecule has 1 aromatic heterocycles. The summed E-state index contributed by atoms with van der Waals surface area (Å²) < 4.78 is 15.4. The van der Waals surface area contributed by atoms with E-state index in [9.17, 15) is 24.5 Å². The number of aliphatic hydroxyl groups is 2. The molecule has 2 atom stereocenters. The van der Waals surface area contributed by atoms with Crippen LogP contribution in [0.15, 0.2) is 54.6 Å². The van der Waals surface area contributed by atoms with Gasteiger partial charge in [-0.15, -0.1) is 0 Å². The summed E-state index contributed by atoms with van der Waals surface area (Å²) in [5.41, 5.74) is 4.29. The topological polar surface area (TPSA) is 98.4 Å². The van der Waals surface area contributed by atoms with Gasteiger partial charge in [0.1, 0.15) is 5.82 Å². The Hall–Kier alpha value is -2.03. The van der Waals surface area contributed by atoms with E-state index < -0.39 is 24.6 Å². The summed E-state index contributed by atoms with van der Waals surface area (Å²) in [6.45, 7) is 4.07. The first kappa shape index (κ1) is 27.2. The van der Waals surface area contributed by atoms with Crippen LogP contribution in [0.3, 0.4) is 0 Å². The second-order valence-electron chi connectivity index (χ2n) is 8.28. The Kier molecular flexibility index (Phi) is 10.3. The number of aliphatic hydroxyl groups excluding tert-OH is 2. The van der Waals surface area contributed by atoms with Crippen LogP contribution in [0.1, 0.15) is 50.3 Å². The van der Waals surface area contributed by atoms with E-state index in [1.165, 1.54) is 12.1 Å². The zero-order chi connectivity index (χ0) is 23.3. The van der Waals surface area contributed by atoms with Crippen molar-refractivity contribution in [2.45, 2.75) is 57.7 Å². The number of halogens is 1. The Morgan fingerprint density at radius 2 is 1.70 bits per heavy atom.